The molecule has 0 radical (unpaired) electrons. The summed E-state index contributed by atoms with van der Waals surface area (Å²) in [5.74, 6) is -1.18. The van der Waals surface area contributed by atoms with E-state index in [4.69, 9.17) is 11.6 Å². The second-order valence-corrected chi connectivity index (χ2v) is 9.43. The van der Waals surface area contributed by atoms with Crippen LogP contribution in [0, 0.1) is 12.7 Å². The van der Waals surface area contributed by atoms with Crippen molar-refractivity contribution in [2.45, 2.75) is 20.0 Å². The Morgan fingerprint density at radius 1 is 1.11 bits per heavy atom. The van der Waals surface area contributed by atoms with Crippen LogP contribution in [0.1, 0.15) is 32.0 Å². The molecule has 1 aliphatic rings. The number of hydrogen-bond donors (Lipinski definition) is 1. The molecule has 3 heterocycles. The van der Waals surface area contributed by atoms with E-state index in [1.54, 1.807) is 29.3 Å². The number of ketones is 1. The standard InChI is InChI=1S/C26H23ClFN5O3/c1-14-8-15(28)4-5-17(14)24-30-11-16-13-32(6-7-33(16)24)25(35)19-9-18-20(23(34)26(36)31(2)3)12-29-22(18)10-21(19)27/h4-5,8-12,29H,6-7,13H2,1-3H3. The third-order valence-electron chi connectivity index (χ3n) is 6.45. The smallest absolute Gasteiger partial charge is 0.294 e. The van der Waals surface area contributed by atoms with Crippen molar-refractivity contribution in [3.8, 4) is 11.4 Å². The Morgan fingerprint density at radius 3 is 2.61 bits per heavy atom. The highest BCUT2D eigenvalue weighted by molar-refractivity contribution is 6.45. The van der Waals surface area contributed by atoms with E-state index in [9.17, 15) is 18.8 Å². The summed E-state index contributed by atoms with van der Waals surface area (Å²) in [5, 5.41) is 0.702. The van der Waals surface area contributed by atoms with Crippen LogP contribution in [0.2, 0.25) is 5.02 Å². The van der Waals surface area contributed by atoms with E-state index in [1.165, 1.54) is 37.3 Å². The molecule has 0 spiro atoms. The van der Waals surface area contributed by atoms with Crippen LogP contribution in [0.3, 0.4) is 0 Å². The predicted molar refractivity (Wildman–Crippen MR) is 133 cm³/mol. The summed E-state index contributed by atoms with van der Waals surface area (Å²) in [7, 11) is 3.01. The van der Waals surface area contributed by atoms with Gasteiger partial charge in [0.1, 0.15) is 11.6 Å². The van der Waals surface area contributed by atoms with Crippen LogP contribution in [-0.2, 0) is 17.9 Å². The molecule has 0 atom stereocenters. The van der Waals surface area contributed by atoms with Gasteiger partial charge in [-0.1, -0.05) is 11.6 Å². The van der Waals surface area contributed by atoms with Crippen LogP contribution < -0.4 is 0 Å². The maximum absolute atomic E-state index is 13.6. The molecule has 0 aliphatic carbocycles. The lowest BCUT2D eigenvalue weighted by atomic mass is 10.0. The number of carbonyl (C=O) groups is 3. The average Bonchev–Trinajstić information content (AvgIpc) is 3.45. The lowest BCUT2D eigenvalue weighted by Gasteiger charge is -2.29. The van der Waals surface area contributed by atoms with Crippen LogP contribution in [0.25, 0.3) is 22.3 Å². The SMILES string of the molecule is Cc1cc(F)ccc1-c1ncc2n1CCN(C(=O)c1cc3c(C(=O)C(=O)N(C)C)c[nH]c3cc1Cl)C2. The minimum absolute atomic E-state index is 0.186. The molecular formula is C26H23ClFN5O3. The summed E-state index contributed by atoms with van der Waals surface area (Å²) in [5.41, 5.74) is 3.46. The van der Waals surface area contributed by atoms with Crippen molar-refractivity contribution in [1.82, 2.24) is 24.3 Å². The monoisotopic (exact) mass is 507 g/mol. The van der Waals surface area contributed by atoms with Gasteiger partial charge >= 0.3 is 0 Å². The summed E-state index contributed by atoms with van der Waals surface area (Å²) in [6.45, 7) is 3.08. The van der Waals surface area contributed by atoms with Crippen molar-refractivity contribution < 1.29 is 18.8 Å². The minimum Gasteiger partial charge on any atom is -0.360 e. The van der Waals surface area contributed by atoms with E-state index in [-0.39, 0.29) is 27.9 Å². The quantitative estimate of drug-likeness (QED) is 0.333. The molecule has 8 nitrogen and oxygen atoms in total. The van der Waals surface area contributed by atoms with Gasteiger partial charge in [-0.3, -0.25) is 14.4 Å². The molecule has 0 saturated carbocycles. The zero-order valence-corrected chi connectivity index (χ0v) is 20.7. The molecule has 2 aromatic heterocycles. The van der Waals surface area contributed by atoms with E-state index in [2.05, 4.69) is 9.97 Å². The highest BCUT2D eigenvalue weighted by Gasteiger charge is 2.28. The minimum atomic E-state index is -0.669. The molecule has 2 aromatic carbocycles. The molecule has 1 N–H and O–H groups in total. The number of H-pyrrole nitrogens is 1. The van der Waals surface area contributed by atoms with Crippen LogP contribution in [0.4, 0.5) is 4.39 Å². The van der Waals surface area contributed by atoms with Crippen LogP contribution in [0.5, 0.6) is 0 Å². The second-order valence-electron chi connectivity index (χ2n) is 9.02. The number of benzene rings is 2. The lowest BCUT2D eigenvalue weighted by Crippen LogP contribution is -2.38. The highest BCUT2D eigenvalue weighted by Crippen LogP contribution is 2.30. The zero-order valence-electron chi connectivity index (χ0n) is 19.9. The average molecular weight is 508 g/mol. The van der Waals surface area contributed by atoms with Crippen LogP contribution in [-0.4, -0.2) is 62.6 Å². The van der Waals surface area contributed by atoms with Crippen molar-refractivity contribution in [2.24, 2.45) is 0 Å². The van der Waals surface area contributed by atoms with Gasteiger partial charge in [0.15, 0.2) is 0 Å². The molecule has 184 valence electrons. The summed E-state index contributed by atoms with van der Waals surface area (Å²) in [6.07, 6.45) is 3.18. The maximum atomic E-state index is 13.6. The molecular weight excluding hydrogens is 485 g/mol. The Labute approximate surface area is 211 Å². The number of likely N-dealkylation sites (N-methyl/N-ethyl adjacent to an activating group) is 1. The first-order valence-corrected chi connectivity index (χ1v) is 11.7. The molecule has 0 fully saturated rings. The van der Waals surface area contributed by atoms with Gasteiger partial charge in [-0.05, 0) is 42.8 Å². The normalized spacial score (nSPS) is 13.1. The summed E-state index contributed by atoms with van der Waals surface area (Å²) in [6, 6.07) is 7.74. The lowest BCUT2D eigenvalue weighted by molar-refractivity contribution is -0.124. The number of imidazole rings is 1. The largest absolute Gasteiger partial charge is 0.360 e. The zero-order chi connectivity index (χ0) is 25.7. The van der Waals surface area contributed by atoms with Gasteiger partial charge in [0.05, 0.1) is 34.6 Å². The summed E-state index contributed by atoms with van der Waals surface area (Å²) in [4.78, 5) is 48.7. The fourth-order valence-electron chi connectivity index (χ4n) is 4.53. The Morgan fingerprint density at radius 2 is 1.89 bits per heavy atom. The number of rotatable bonds is 4. The second kappa shape index (κ2) is 8.91. The fourth-order valence-corrected chi connectivity index (χ4v) is 4.78. The van der Waals surface area contributed by atoms with Gasteiger partial charge in [0.25, 0.3) is 17.6 Å². The topological polar surface area (TPSA) is 91.3 Å². The van der Waals surface area contributed by atoms with Gasteiger partial charge in [-0.2, -0.15) is 0 Å². The van der Waals surface area contributed by atoms with Crippen molar-refractivity contribution in [3.05, 3.63) is 75.9 Å². The first kappa shape index (κ1) is 23.7. The van der Waals surface area contributed by atoms with E-state index in [0.29, 0.717) is 30.5 Å². The first-order chi connectivity index (χ1) is 17.2. The number of nitrogens with one attached hydrogen (secondary N) is 1. The number of hydrogen-bond acceptors (Lipinski definition) is 4. The van der Waals surface area contributed by atoms with Crippen molar-refractivity contribution in [3.63, 3.8) is 0 Å². The van der Waals surface area contributed by atoms with E-state index in [0.717, 1.165) is 22.6 Å². The number of amides is 2. The van der Waals surface area contributed by atoms with Gasteiger partial charge in [0, 0.05) is 49.8 Å². The van der Waals surface area contributed by atoms with E-state index < -0.39 is 11.7 Å². The number of fused-ring (bicyclic) bond motifs is 2. The Bertz CT molecular complexity index is 1550. The van der Waals surface area contributed by atoms with Crippen molar-refractivity contribution in [1.29, 1.82) is 0 Å². The predicted octanol–water partition coefficient (Wildman–Crippen LogP) is 4.06. The molecule has 0 saturated heterocycles. The molecule has 0 unspecified atom stereocenters. The highest BCUT2D eigenvalue weighted by atomic mass is 35.5. The Hall–Kier alpha value is -3.98. The third-order valence-corrected chi connectivity index (χ3v) is 6.76. The first-order valence-electron chi connectivity index (χ1n) is 11.3. The number of aromatic amines is 1. The Balaban J connectivity index is 1.44. The molecule has 10 heteroatoms. The number of Topliss-reactive ketones (excluding diaryl/α,β-unsaturated/α-hetero) is 1. The van der Waals surface area contributed by atoms with Gasteiger partial charge in [-0.15, -0.1) is 0 Å². The number of aryl methyl sites for hydroxylation is 1. The molecule has 0 bridgehead atoms. The van der Waals surface area contributed by atoms with Crippen LogP contribution in [0.15, 0.2) is 42.7 Å². The molecule has 2 amide bonds. The van der Waals surface area contributed by atoms with Gasteiger partial charge < -0.3 is 19.4 Å². The molecule has 1 aliphatic heterocycles. The fraction of sp³-hybridized carbons (Fsp3) is 0.231. The Kier molecular flexibility index (Phi) is 5.88. The molecule has 36 heavy (non-hydrogen) atoms. The summed E-state index contributed by atoms with van der Waals surface area (Å²) >= 11 is 6.46. The van der Waals surface area contributed by atoms with Crippen LogP contribution >= 0.6 is 11.6 Å². The maximum Gasteiger partial charge on any atom is 0.294 e. The molecule has 5 rings (SSSR count). The van der Waals surface area contributed by atoms with E-state index >= 15 is 0 Å². The third kappa shape index (κ3) is 3.95. The number of aromatic nitrogens is 3. The molecule has 4 aromatic rings. The van der Waals surface area contributed by atoms with Gasteiger partial charge in [0.2, 0.25) is 0 Å². The number of carbonyl (C=O) groups excluding carboxylic acids is 3. The number of nitrogens with zero attached hydrogens (tertiary/aromatic N) is 4. The number of halogens is 2. The van der Waals surface area contributed by atoms with Crippen molar-refractivity contribution >= 4 is 40.1 Å². The van der Waals surface area contributed by atoms with E-state index in [1.807, 2.05) is 11.5 Å². The van der Waals surface area contributed by atoms with Crippen molar-refractivity contribution in [2.75, 3.05) is 20.6 Å². The summed E-state index contributed by atoms with van der Waals surface area (Å²) < 4.78 is 15.6. The van der Waals surface area contributed by atoms with Gasteiger partial charge in [-0.25, -0.2) is 9.37 Å².